The Morgan fingerprint density at radius 1 is 1.30 bits per heavy atom. The molecule has 1 atom stereocenters. The lowest BCUT2D eigenvalue weighted by molar-refractivity contribution is 0.152. The van der Waals surface area contributed by atoms with Crippen LogP contribution in [0.1, 0.15) is 36.4 Å². The third-order valence-electron chi connectivity index (χ3n) is 4.07. The number of piperidine rings is 1. The number of aryl methyl sites for hydroxylation is 2. The maximum Gasteiger partial charge on any atom is 0.294 e. The van der Waals surface area contributed by atoms with Crippen LogP contribution >= 0.6 is 11.3 Å². The van der Waals surface area contributed by atoms with Crippen LogP contribution in [0.25, 0.3) is 0 Å². The van der Waals surface area contributed by atoms with Crippen molar-refractivity contribution >= 4 is 11.3 Å². The Hall–Kier alpha value is -1.54. The minimum Gasteiger partial charge on any atom is -0.469 e. The minimum absolute atomic E-state index is 0.614. The first-order chi connectivity index (χ1) is 11.1. The summed E-state index contributed by atoms with van der Waals surface area (Å²) in [6.07, 6.45) is 2.46. The fraction of sp³-hybridized carbons (Fsp3) is 0.733. The maximum atomic E-state index is 5.40. The molecule has 2 aromatic heterocycles. The summed E-state index contributed by atoms with van der Waals surface area (Å²) >= 11 is 1.55. The van der Waals surface area contributed by atoms with Gasteiger partial charge in [-0.15, -0.1) is 10.2 Å². The van der Waals surface area contributed by atoms with Crippen LogP contribution in [0.15, 0.2) is 0 Å². The van der Waals surface area contributed by atoms with Crippen molar-refractivity contribution in [3.05, 3.63) is 16.7 Å². The molecule has 2 aromatic rings. The number of nitrogens with zero attached hydrogens (tertiary/aromatic N) is 6. The highest BCUT2D eigenvalue weighted by Crippen LogP contribution is 2.23. The first-order valence-electron chi connectivity index (χ1n) is 8.19. The molecule has 0 saturated carbocycles. The van der Waals surface area contributed by atoms with Crippen molar-refractivity contribution in [2.24, 2.45) is 5.92 Å². The van der Waals surface area contributed by atoms with Crippen LogP contribution in [0, 0.1) is 19.8 Å². The molecule has 1 aliphatic heterocycles. The van der Waals surface area contributed by atoms with E-state index in [0.717, 1.165) is 42.8 Å². The van der Waals surface area contributed by atoms with E-state index in [1.165, 1.54) is 12.8 Å². The van der Waals surface area contributed by atoms with Gasteiger partial charge in [-0.05, 0) is 46.1 Å². The molecular formula is C15H24N6OS. The molecule has 0 unspecified atom stereocenters. The maximum absolute atomic E-state index is 5.40. The summed E-state index contributed by atoms with van der Waals surface area (Å²) in [4.78, 5) is 6.85. The molecule has 0 amide bonds. The van der Waals surface area contributed by atoms with E-state index in [9.17, 15) is 0 Å². The van der Waals surface area contributed by atoms with Crippen molar-refractivity contribution in [2.45, 2.75) is 46.7 Å². The van der Waals surface area contributed by atoms with Crippen LogP contribution in [0.3, 0.4) is 0 Å². The van der Waals surface area contributed by atoms with E-state index in [-0.39, 0.29) is 0 Å². The summed E-state index contributed by atoms with van der Waals surface area (Å²) in [5.41, 5.74) is 0. The van der Waals surface area contributed by atoms with E-state index in [4.69, 9.17) is 4.74 Å². The minimum atomic E-state index is 0.614. The Morgan fingerprint density at radius 3 is 2.91 bits per heavy atom. The molecule has 3 rings (SSSR count). The van der Waals surface area contributed by atoms with Gasteiger partial charge in [-0.25, -0.2) is 9.67 Å². The number of likely N-dealkylation sites (tertiary alicyclic amines) is 1. The van der Waals surface area contributed by atoms with Gasteiger partial charge in [-0.2, -0.15) is 5.10 Å². The zero-order chi connectivity index (χ0) is 16.2. The molecule has 0 N–H and O–H groups in total. The van der Waals surface area contributed by atoms with Crippen LogP contribution < -0.4 is 4.74 Å². The number of ether oxygens (including phenoxy) is 1. The van der Waals surface area contributed by atoms with Crippen LogP contribution in [0.4, 0.5) is 0 Å². The van der Waals surface area contributed by atoms with E-state index in [1.54, 1.807) is 11.3 Å². The predicted molar refractivity (Wildman–Crippen MR) is 88.6 cm³/mol. The highest BCUT2D eigenvalue weighted by molar-refractivity contribution is 7.13. The number of hydrogen-bond donors (Lipinski definition) is 0. The summed E-state index contributed by atoms with van der Waals surface area (Å²) in [6.45, 7) is 10.6. The zero-order valence-corrected chi connectivity index (χ0v) is 14.8. The molecule has 1 fully saturated rings. The molecule has 126 valence electrons. The molecular weight excluding hydrogens is 312 g/mol. The van der Waals surface area contributed by atoms with Gasteiger partial charge in [0.25, 0.3) is 5.19 Å². The third-order valence-corrected chi connectivity index (χ3v) is 4.89. The summed E-state index contributed by atoms with van der Waals surface area (Å²) in [7, 11) is 0. The lowest BCUT2D eigenvalue weighted by atomic mass is 9.98. The highest BCUT2D eigenvalue weighted by Gasteiger charge is 2.22. The molecule has 23 heavy (non-hydrogen) atoms. The monoisotopic (exact) mass is 336 g/mol. The van der Waals surface area contributed by atoms with Gasteiger partial charge >= 0.3 is 0 Å². The molecule has 8 heteroatoms. The fourth-order valence-electron chi connectivity index (χ4n) is 3.10. The third kappa shape index (κ3) is 4.26. The van der Waals surface area contributed by atoms with Crippen molar-refractivity contribution in [1.29, 1.82) is 0 Å². The average molecular weight is 336 g/mol. The van der Waals surface area contributed by atoms with Gasteiger partial charge in [0, 0.05) is 13.1 Å². The van der Waals surface area contributed by atoms with E-state index >= 15 is 0 Å². The molecule has 1 aliphatic rings. The lowest BCUT2D eigenvalue weighted by Gasteiger charge is -2.32. The Labute approximate surface area is 140 Å². The van der Waals surface area contributed by atoms with Crippen molar-refractivity contribution in [3.63, 3.8) is 0 Å². The molecule has 1 saturated heterocycles. The highest BCUT2D eigenvalue weighted by atomic mass is 32.1. The summed E-state index contributed by atoms with van der Waals surface area (Å²) in [5.74, 6) is 2.47. The molecule has 0 spiro atoms. The van der Waals surface area contributed by atoms with Gasteiger partial charge in [-0.1, -0.05) is 11.3 Å². The summed E-state index contributed by atoms with van der Waals surface area (Å²) < 4.78 is 7.44. The zero-order valence-electron chi connectivity index (χ0n) is 14.0. The quantitative estimate of drug-likeness (QED) is 0.804. The standard InChI is InChI=1S/C15H24N6OS/c1-4-22-15-18-17-14(23-15)10-20-7-5-6-13(8-20)9-21-12(3)16-11(2)19-21/h13H,4-10H2,1-3H3/t13-/m0/s1. The number of rotatable bonds is 6. The topological polar surface area (TPSA) is 69.0 Å². The summed E-state index contributed by atoms with van der Waals surface area (Å²) in [6, 6.07) is 0. The van der Waals surface area contributed by atoms with E-state index in [1.807, 2.05) is 25.5 Å². The van der Waals surface area contributed by atoms with Gasteiger partial charge < -0.3 is 4.74 Å². The SMILES string of the molecule is CCOc1nnc(CN2CCC[C@H](Cn3nc(C)nc3C)C2)s1. The molecule has 0 radical (unpaired) electrons. The molecule has 0 bridgehead atoms. The first-order valence-corrected chi connectivity index (χ1v) is 9.01. The smallest absolute Gasteiger partial charge is 0.294 e. The second-order valence-corrected chi connectivity index (χ2v) is 7.05. The molecule has 3 heterocycles. The Kier molecular flexibility index (Phi) is 5.22. The lowest BCUT2D eigenvalue weighted by Crippen LogP contribution is -2.36. The van der Waals surface area contributed by atoms with E-state index in [0.29, 0.717) is 17.7 Å². The molecule has 0 aromatic carbocycles. The van der Waals surface area contributed by atoms with Crippen LogP contribution in [0.5, 0.6) is 5.19 Å². The molecule has 7 nitrogen and oxygen atoms in total. The van der Waals surface area contributed by atoms with Gasteiger partial charge in [0.15, 0.2) is 0 Å². The number of hydrogen-bond acceptors (Lipinski definition) is 7. The van der Waals surface area contributed by atoms with Gasteiger partial charge in [-0.3, -0.25) is 4.90 Å². The first kappa shape index (κ1) is 16.3. The Morgan fingerprint density at radius 2 is 2.17 bits per heavy atom. The molecule has 0 aliphatic carbocycles. The van der Waals surface area contributed by atoms with Crippen LogP contribution in [-0.2, 0) is 13.1 Å². The van der Waals surface area contributed by atoms with Crippen molar-refractivity contribution in [3.8, 4) is 5.19 Å². The van der Waals surface area contributed by atoms with Gasteiger partial charge in [0.05, 0.1) is 13.2 Å². The van der Waals surface area contributed by atoms with Gasteiger partial charge in [0.2, 0.25) is 0 Å². The van der Waals surface area contributed by atoms with E-state index < -0.39 is 0 Å². The van der Waals surface area contributed by atoms with Gasteiger partial charge in [0.1, 0.15) is 16.7 Å². The van der Waals surface area contributed by atoms with E-state index in [2.05, 4.69) is 25.2 Å². The van der Waals surface area contributed by atoms with Crippen molar-refractivity contribution in [1.82, 2.24) is 29.9 Å². The van der Waals surface area contributed by atoms with Crippen LogP contribution in [-0.4, -0.2) is 49.6 Å². The largest absolute Gasteiger partial charge is 0.469 e. The predicted octanol–water partition coefficient (Wildman–Crippen LogP) is 2.06. The second kappa shape index (κ2) is 7.35. The average Bonchev–Trinajstić information content (AvgIpc) is 3.07. The normalized spacial score (nSPS) is 19.2. The fourth-order valence-corrected chi connectivity index (χ4v) is 3.89. The number of aromatic nitrogens is 5. The summed E-state index contributed by atoms with van der Waals surface area (Å²) in [5, 5.41) is 14.5. The van der Waals surface area contributed by atoms with Crippen molar-refractivity contribution < 1.29 is 4.74 Å². The Balaban J connectivity index is 1.56. The van der Waals surface area contributed by atoms with Crippen LogP contribution in [0.2, 0.25) is 0 Å². The van der Waals surface area contributed by atoms with Crippen molar-refractivity contribution in [2.75, 3.05) is 19.7 Å². The second-order valence-electron chi connectivity index (χ2n) is 6.03. The Bertz CT molecular complexity index is 640.